The molecule has 2 rings (SSSR count). The highest BCUT2D eigenvalue weighted by atomic mass is 16.4. The van der Waals surface area contributed by atoms with Crippen molar-refractivity contribution in [2.45, 2.75) is 0 Å². The van der Waals surface area contributed by atoms with Gasteiger partial charge in [0.25, 0.3) is 5.91 Å². The molecule has 1 amide bonds. The summed E-state index contributed by atoms with van der Waals surface area (Å²) >= 11 is 0. The predicted molar refractivity (Wildman–Crippen MR) is 52.8 cm³/mol. The van der Waals surface area contributed by atoms with Gasteiger partial charge in [-0.3, -0.25) is 10.1 Å². The maximum Gasteiger partial charge on any atom is 0.264 e. The van der Waals surface area contributed by atoms with Gasteiger partial charge in [0.15, 0.2) is 6.19 Å². The van der Waals surface area contributed by atoms with Crippen molar-refractivity contribution in [2.75, 3.05) is 0 Å². The number of carbonyl (C=O) groups excluding carboxylic acids is 1. The van der Waals surface area contributed by atoms with Gasteiger partial charge in [-0.2, -0.15) is 5.26 Å². The van der Waals surface area contributed by atoms with Crippen molar-refractivity contribution in [3.05, 3.63) is 36.2 Å². The van der Waals surface area contributed by atoms with Crippen LogP contribution in [0.25, 0.3) is 11.5 Å². The molecule has 0 spiro atoms. The Kier molecular flexibility index (Phi) is 2.61. The number of carbonyl (C=O) groups is 1. The summed E-state index contributed by atoms with van der Waals surface area (Å²) < 4.78 is 4.99. The van der Waals surface area contributed by atoms with Crippen LogP contribution in [0.2, 0.25) is 0 Å². The SMILES string of the molecule is N#CNC(=O)c1ccc(-c2nnco2)cc1. The number of hydrogen-bond acceptors (Lipinski definition) is 5. The first-order chi connectivity index (χ1) is 7.81. The van der Waals surface area contributed by atoms with Crippen molar-refractivity contribution >= 4 is 5.91 Å². The number of aromatic nitrogens is 2. The molecular weight excluding hydrogens is 208 g/mol. The second-order valence-electron chi connectivity index (χ2n) is 2.89. The summed E-state index contributed by atoms with van der Waals surface area (Å²) in [6.45, 7) is 0. The topological polar surface area (TPSA) is 91.8 Å². The van der Waals surface area contributed by atoms with E-state index in [0.29, 0.717) is 17.0 Å². The average molecular weight is 214 g/mol. The van der Waals surface area contributed by atoms with Gasteiger partial charge in [-0.1, -0.05) is 0 Å². The van der Waals surface area contributed by atoms with E-state index in [1.54, 1.807) is 30.5 Å². The number of rotatable bonds is 2. The Bertz CT molecular complexity index is 525. The fourth-order valence-corrected chi connectivity index (χ4v) is 1.19. The van der Waals surface area contributed by atoms with Gasteiger partial charge < -0.3 is 4.42 Å². The van der Waals surface area contributed by atoms with Crippen molar-refractivity contribution in [3.63, 3.8) is 0 Å². The van der Waals surface area contributed by atoms with Crippen molar-refractivity contribution in [1.29, 1.82) is 5.26 Å². The quantitative estimate of drug-likeness (QED) is 0.593. The molecule has 0 fully saturated rings. The number of hydrogen-bond donors (Lipinski definition) is 1. The minimum atomic E-state index is -0.445. The van der Waals surface area contributed by atoms with Crippen molar-refractivity contribution < 1.29 is 9.21 Å². The molecule has 6 heteroatoms. The third kappa shape index (κ3) is 1.88. The van der Waals surface area contributed by atoms with Gasteiger partial charge in [0, 0.05) is 11.1 Å². The third-order valence-corrected chi connectivity index (χ3v) is 1.92. The first-order valence-corrected chi connectivity index (χ1v) is 4.37. The normalized spacial score (nSPS) is 9.44. The maximum absolute atomic E-state index is 11.3. The summed E-state index contributed by atoms with van der Waals surface area (Å²) in [6, 6.07) is 6.48. The first kappa shape index (κ1) is 9.86. The van der Waals surface area contributed by atoms with E-state index in [1.807, 2.05) is 5.32 Å². The van der Waals surface area contributed by atoms with Gasteiger partial charge in [0.2, 0.25) is 12.3 Å². The zero-order valence-corrected chi connectivity index (χ0v) is 8.04. The van der Waals surface area contributed by atoms with E-state index in [-0.39, 0.29) is 0 Å². The zero-order chi connectivity index (χ0) is 11.4. The molecule has 78 valence electrons. The number of nitrogens with zero attached hydrogens (tertiary/aromatic N) is 3. The molecular formula is C10H6N4O2. The highest BCUT2D eigenvalue weighted by molar-refractivity contribution is 5.95. The third-order valence-electron chi connectivity index (χ3n) is 1.92. The van der Waals surface area contributed by atoms with E-state index < -0.39 is 5.91 Å². The summed E-state index contributed by atoms with van der Waals surface area (Å²) in [5.74, 6) is -0.0631. The molecule has 0 radical (unpaired) electrons. The molecule has 0 saturated heterocycles. The smallest absolute Gasteiger partial charge is 0.264 e. The van der Waals surface area contributed by atoms with Crippen LogP contribution in [-0.4, -0.2) is 16.1 Å². The summed E-state index contributed by atoms with van der Waals surface area (Å²) in [6.07, 6.45) is 2.80. The van der Waals surface area contributed by atoms with Crippen LogP contribution in [0, 0.1) is 11.5 Å². The molecule has 0 aliphatic rings. The van der Waals surface area contributed by atoms with Gasteiger partial charge in [0.1, 0.15) is 0 Å². The minimum absolute atomic E-state index is 0.382. The van der Waals surface area contributed by atoms with Gasteiger partial charge in [-0.05, 0) is 24.3 Å². The fourth-order valence-electron chi connectivity index (χ4n) is 1.19. The number of amides is 1. The molecule has 0 bridgehead atoms. The lowest BCUT2D eigenvalue weighted by molar-refractivity contribution is 0.0973. The Morgan fingerprint density at radius 1 is 1.38 bits per heavy atom. The van der Waals surface area contributed by atoms with Crippen LogP contribution in [0.5, 0.6) is 0 Å². The summed E-state index contributed by atoms with van der Waals surface area (Å²) in [7, 11) is 0. The Morgan fingerprint density at radius 2 is 2.12 bits per heavy atom. The lowest BCUT2D eigenvalue weighted by atomic mass is 10.1. The van der Waals surface area contributed by atoms with E-state index in [2.05, 4.69) is 10.2 Å². The van der Waals surface area contributed by atoms with E-state index in [1.165, 1.54) is 6.39 Å². The number of nitrogens with one attached hydrogen (secondary N) is 1. The minimum Gasteiger partial charge on any atom is -0.423 e. The van der Waals surface area contributed by atoms with Crippen LogP contribution in [0.1, 0.15) is 10.4 Å². The van der Waals surface area contributed by atoms with Crippen molar-refractivity contribution in [1.82, 2.24) is 15.5 Å². The van der Waals surface area contributed by atoms with Crippen LogP contribution in [0.15, 0.2) is 35.1 Å². The monoisotopic (exact) mass is 214 g/mol. The molecule has 2 aromatic rings. The van der Waals surface area contributed by atoms with Crippen molar-refractivity contribution in [3.8, 4) is 17.6 Å². The molecule has 1 aromatic heterocycles. The second kappa shape index (κ2) is 4.23. The molecule has 6 nitrogen and oxygen atoms in total. The van der Waals surface area contributed by atoms with E-state index in [0.717, 1.165) is 0 Å². The van der Waals surface area contributed by atoms with Gasteiger partial charge in [-0.15, -0.1) is 10.2 Å². The molecule has 0 atom stereocenters. The van der Waals surface area contributed by atoms with Gasteiger partial charge >= 0.3 is 0 Å². The largest absolute Gasteiger partial charge is 0.423 e. The molecule has 16 heavy (non-hydrogen) atoms. The van der Waals surface area contributed by atoms with E-state index in [9.17, 15) is 4.79 Å². The molecule has 1 aromatic carbocycles. The molecule has 1 heterocycles. The van der Waals surface area contributed by atoms with Crippen LogP contribution < -0.4 is 5.32 Å². The lowest BCUT2D eigenvalue weighted by Gasteiger charge is -1.98. The molecule has 0 saturated carbocycles. The molecule has 0 aliphatic heterocycles. The highest BCUT2D eigenvalue weighted by Crippen LogP contribution is 2.16. The Morgan fingerprint density at radius 3 is 2.69 bits per heavy atom. The molecule has 1 N–H and O–H groups in total. The number of nitriles is 1. The highest BCUT2D eigenvalue weighted by Gasteiger charge is 2.06. The standard InChI is InChI=1S/C10H6N4O2/c11-5-12-9(15)7-1-3-8(4-2-7)10-14-13-6-16-10/h1-4,6H,(H,12,15). The zero-order valence-electron chi connectivity index (χ0n) is 8.04. The predicted octanol–water partition coefficient (Wildman–Crippen LogP) is 0.947. The van der Waals surface area contributed by atoms with E-state index >= 15 is 0 Å². The van der Waals surface area contributed by atoms with Gasteiger partial charge in [-0.25, -0.2) is 0 Å². The fraction of sp³-hybridized carbons (Fsp3) is 0. The first-order valence-electron chi connectivity index (χ1n) is 4.37. The Labute approximate surface area is 90.5 Å². The maximum atomic E-state index is 11.3. The second-order valence-corrected chi connectivity index (χ2v) is 2.89. The van der Waals surface area contributed by atoms with Crippen molar-refractivity contribution in [2.24, 2.45) is 0 Å². The van der Waals surface area contributed by atoms with E-state index in [4.69, 9.17) is 9.68 Å². The average Bonchev–Trinajstić information content (AvgIpc) is 2.83. The summed E-state index contributed by atoms with van der Waals surface area (Å²) in [4.78, 5) is 11.3. The van der Waals surface area contributed by atoms with Crippen LogP contribution in [-0.2, 0) is 0 Å². The molecule has 0 aliphatic carbocycles. The van der Waals surface area contributed by atoms with Crippen LogP contribution >= 0.6 is 0 Å². The number of benzene rings is 1. The molecule has 0 unspecified atom stereocenters. The summed E-state index contributed by atoms with van der Waals surface area (Å²) in [5, 5.41) is 17.6. The Hall–Kier alpha value is -2.68. The summed E-state index contributed by atoms with van der Waals surface area (Å²) in [5.41, 5.74) is 1.11. The van der Waals surface area contributed by atoms with Crippen LogP contribution in [0.4, 0.5) is 0 Å². The lowest BCUT2D eigenvalue weighted by Crippen LogP contribution is -2.16. The van der Waals surface area contributed by atoms with Gasteiger partial charge in [0.05, 0.1) is 0 Å². The Balaban J connectivity index is 2.24. The van der Waals surface area contributed by atoms with Crippen LogP contribution in [0.3, 0.4) is 0 Å².